The van der Waals surface area contributed by atoms with Crippen LogP contribution < -0.4 is 5.73 Å². The van der Waals surface area contributed by atoms with E-state index in [1.807, 2.05) is 0 Å². The molecule has 2 aromatic heterocycles. The van der Waals surface area contributed by atoms with Gasteiger partial charge in [0.15, 0.2) is 12.2 Å². The van der Waals surface area contributed by atoms with E-state index in [0.717, 1.165) is 4.31 Å². The molecule has 11 heteroatoms. The van der Waals surface area contributed by atoms with E-state index in [-0.39, 0.29) is 11.7 Å². The first-order valence-electron chi connectivity index (χ1n) is 8.41. The fourth-order valence-electron chi connectivity index (χ4n) is 3.18. The van der Waals surface area contributed by atoms with Crippen molar-refractivity contribution >= 4 is 38.9 Å². The molecule has 0 radical (unpaired) electrons. The minimum absolute atomic E-state index is 0.108. The normalized spacial score (nSPS) is 21.2. The molecule has 3 heterocycles. The van der Waals surface area contributed by atoms with Crippen molar-refractivity contribution in [2.24, 2.45) is 10.7 Å². The number of guanidine groups is 1. The Bertz CT molecular complexity index is 1220. The van der Waals surface area contributed by atoms with Gasteiger partial charge in [0.25, 0.3) is 0 Å². The van der Waals surface area contributed by atoms with Crippen LogP contribution in [0, 0.1) is 5.82 Å². The quantitative estimate of drug-likeness (QED) is 0.650. The smallest absolute Gasteiger partial charge is 0.239 e. The lowest BCUT2D eigenvalue weighted by Crippen LogP contribution is -2.50. The molecule has 4 rings (SSSR count). The van der Waals surface area contributed by atoms with Crippen molar-refractivity contribution in [1.29, 1.82) is 0 Å². The third-order valence-electron chi connectivity index (χ3n) is 4.64. The number of oxazole rings is 1. The summed E-state index contributed by atoms with van der Waals surface area (Å²) in [6.07, 6.45) is 2.76. The SMILES string of the molecule is CN1C(N)=NC(C)(c2sc(-c3cc(F)cc(-c4cnco4)c3)cc2Cl)CS1(=O)=O. The zero-order valence-electron chi connectivity index (χ0n) is 15.4. The van der Waals surface area contributed by atoms with Crippen molar-refractivity contribution < 1.29 is 17.2 Å². The van der Waals surface area contributed by atoms with Crippen molar-refractivity contribution in [3.05, 3.63) is 52.6 Å². The van der Waals surface area contributed by atoms with E-state index in [2.05, 4.69) is 9.98 Å². The predicted octanol–water partition coefficient (Wildman–Crippen LogP) is 3.67. The second kappa shape index (κ2) is 6.82. The van der Waals surface area contributed by atoms with Gasteiger partial charge in [-0.2, -0.15) is 0 Å². The monoisotopic (exact) mass is 454 g/mol. The van der Waals surface area contributed by atoms with Crippen LogP contribution in [0.5, 0.6) is 0 Å². The van der Waals surface area contributed by atoms with Gasteiger partial charge in [0.1, 0.15) is 11.4 Å². The number of nitrogens with zero attached hydrogens (tertiary/aromatic N) is 3. The first kappa shape index (κ1) is 19.9. The number of aromatic nitrogens is 1. The van der Waals surface area contributed by atoms with Crippen LogP contribution in [0.15, 0.2) is 46.3 Å². The van der Waals surface area contributed by atoms with Crippen molar-refractivity contribution in [1.82, 2.24) is 9.29 Å². The molecule has 0 fully saturated rings. The van der Waals surface area contributed by atoms with Crippen molar-refractivity contribution in [2.45, 2.75) is 12.5 Å². The van der Waals surface area contributed by atoms with Crippen LogP contribution in [-0.4, -0.2) is 36.5 Å². The summed E-state index contributed by atoms with van der Waals surface area (Å²) in [6.45, 7) is 1.66. The largest absolute Gasteiger partial charge is 0.444 e. The van der Waals surface area contributed by atoms with E-state index < -0.39 is 21.4 Å². The van der Waals surface area contributed by atoms with Crippen molar-refractivity contribution in [2.75, 3.05) is 12.8 Å². The number of hydrogen-bond donors (Lipinski definition) is 1. The predicted molar refractivity (Wildman–Crippen MR) is 111 cm³/mol. The maximum absolute atomic E-state index is 14.2. The van der Waals surface area contributed by atoms with Gasteiger partial charge in [0, 0.05) is 17.5 Å². The minimum atomic E-state index is -3.64. The lowest BCUT2D eigenvalue weighted by Gasteiger charge is -2.33. The highest BCUT2D eigenvalue weighted by molar-refractivity contribution is 7.89. The molecule has 0 saturated carbocycles. The molecule has 7 nitrogen and oxygen atoms in total. The van der Waals surface area contributed by atoms with Gasteiger partial charge in [0.2, 0.25) is 16.0 Å². The molecule has 1 aliphatic heterocycles. The van der Waals surface area contributed by atoms with Crippen LogP contribution in [-0.2, 0) is 15.6 Å². The topological polar surface area (TPSA) is 102 Å². The molecule has 0 bridgehead atoms. The summed E-state index contributed by atoms with van der Waals surface area (Å²) in [7, 11) is -2.28. The van der Waals surface area contributed by atoms with E-state index in [4.69, 9.17) is 21.8 Å². The average molecular weight is 455 g/mol. The maximum Gasteiger partial charge on any atom is 0.239 e. The number of thiophene rings is 1. The Morgan fingerprint density at radius 3 is 2.69 bits per heavy atom. The summed E-state index contributed by atoms with van der Waals surface area (Å²) in [4.78, 5) is 9.43. The van der Waals surface area contributed by atoms with Crippen LogP contribution >= 0.6 is 22.9 Å². The number of rotatable bonds is 3. The highest BCUT2D eigenvalue weighted by atomic mass is 35.5. The van der Waals surface area contributed by atoms with E-state index in [9.17, 15) is 12.8 Å². The number of aliphatic imine (C=N–C) groups is 1. The lowest BCUT2D eigenvalue weighted by molar-refractivity contribution is 0.482. The van der Waals surface area contributed by atoms with Gasteiger partial charge < -0.3 is 10.2 Å². The summed E-state index contributed by atoms with van der Waals surface area (Å²) in [5, 5.41) is 0.342. The molecular formula is C18H16ClFN4O3S2. The minimum Gasteiger partial charge on any atom is -0.444 e. The Hall–Kier alpha value is -2.43. The molecule has 0 spiro atoms. The molecule has 0 amide bonds. The second-order valence-corrected chi connectivity index (χ2v) is 10.3. The number of halogens is 2. The van der Waals surface area contributed by atoms with Crippen LogP contribution in [0.1, 0.15) is 11.8 Å². The van der Waals surface area contributed by atoms with Gasteiger partial charge in [-0.15, -0.1) is 11.3 Å². The number of hydrogen-bond acceptors (Lipinski definition) is 7. The van der Waals surface area contributed by atoms with E-state index >= 15 is 0 Å². The van der Waals surface area contributed by atoms with Crippen molar-refractivity contribution in [3.63, 3.8) is 0 Å². The number of sulfonamides is 1. The maximum atomic E-state index is 14.2. The van der Waals surface area contributed by atoms with Crippen LogP contribution in [0.4, 0.5) is 4.39 Å². The van der Waals surface area contributed by atoms with Gasteiger partial charge in [-0.1, -0.05) is 11.6 Å². The molecular weight excluding hydrogens is 439 g/mol. The van der Waals surface area contributed by atoms with Gasteiger partial charge in [-0.3, -0.25) is 0 Å². The second-order valence-electron chi connectivity index (χ2n) is 6.85. The van der Waals surface area contributed by atoms with Gasteiger partial charge in [-0.05, 0) is 36.8 Å². The molecule has 29 heavy (non-hydrogen) atoms. The molecule has 1 unspecified atom stereocenters. The number of nitrogens with two attached hydrogens (primary N) is 1. The summed E-state index contributed by atoms with van der Waals surface area (Å²) in [5.41, 5.74) is 5.78. The molecule has 0 aliphatic carbocycles. The summed E-state index contributed by atoms with van der Waals surface area (Å²) in [6, 6.07) is 6.14. The molecule has 1 aliphatic rings. The zero-order chi connectivity index (χ0) is 21.0. The average Bonchev–Trinajstić information content (AvgIpc) is 3.29. The van der Waals surface area contributed by atoms with Crippen molar-refractivity contribution in [3.8, 4) is 21.8 Å². The fourth-order valence-corrected chi connectivity index (χ4v) is 6.33. The number of benzene rings is 1. The van der Waals surface area contributed by atoms with Crippen LogP contribution in [0.25, 0.3) is 21.8 Å². The Morgan fingerprint density at radius 2 is 2.03 bits per heavy atom. The first-order chi connectivity index (χ1) is 13.6. The molecule has 1 aromatic carbocycles. The fraction of sp³-hybridized carbons (Fsp3) is 0.222. The Balaban J connectivity index is 1.80. The highest BCUT2D eigenvalue weighted by Crippen LogP contribution is 2.44. The van der Waals surface area contributed by atoms with Crippen LogP contribution in [0.3, 0.4) is 0 Å². The highest BCUT2D eigenvalue weighted by Gasteiger charge is 2.42. The Kier molecular flexibility index (Phi) is 4.67. The molecule has 1 atom stereocenters. The Morgan fingerprint density at radius 1 is 1.31 bits per heavy atom. The Labute approximate surface area is 175 Å². The van der Waals surface area contributed by atoms with E-state index in [0.29, 0.717) is 31.7 Å². The third-order valence-corrected chi connectivity index (χ3v) is 8.44. The molecule has 152 valence electrons. The van der Waals surface area contributed by atoms with E-state index in [1.165, 1.54) is 43.1 Å². The summed E-state index contributed by atoms with van der Waals surface area (Å²) in [5.74, 6) is -0.401. The van der Waals surface area contributed by atoms with Crippen LogP contribution in [0.2, 0.25) is 5.02 Å². The zero-order valence-corrected chi connectivity index (χ0v) is 17.8. The molecule has 2 N–H and O–H groups in total. The van der Waals surface area contributed by atoms with E-state index in [1.54, 1.807) is 19.1 Å². The standard InChI is InChI=1S/C18H16ClFN4O3S2/c1-18(8-29(25,26)24(2)17(21)23-18)16-13(19)6-15(28-16)11-3-10(4-12(20)5-11)14-7-22-9-27-14/h3-7,9H,8H2,1-2H3,(H2,21,23). The van der Waals surface area contributed by atoms with Gasteiger partial charge in [0.05, 0.1) is 21.8 Å². The summed E-state index contributed by atoms with van der Waals surface area (Å²) >= 11 is 7.69. The van der Waals surface area contributed by atoms with Gasteiger partial charge >= 0.3 is 0 Å². The summed E-state index contributed by atoms with van der Waals surface area (Å²) < 4.78 is 45.3. The third kappa shape index (κ3) is 3.52. The molecule has 3 aromatic rings. The molecule has 0 saturated heterocycles. The van der Waals surface area contributed by atoms with Gasteiger partial charge in [-0.25, -0.2) is 27.1 Å². The lowest BCUT2D eigenvalue weighted by atomic mass is 10.0. The first-order valence-corrected chi connectivity index (χ1v) is 11.2.